The van der Waals surface area contributed by atoms with E-state index in [1.807, 2.05) is 11.0 Å². The molecule has 2 amide bonds. The van der Waals surface area contributed by atoms with Crippen LogP contribution in [0, 0.1) is 17.8 Å². The van der Waals surface area contributed by atoms with Crippen LogP contribution in [0.25, 0.3) is 6.08 Å². The molecular weight excluding hydrogens is 284 g/mol. The monoisotopic (exact) mass is 312 g/mol. The van der Waals surface area contributed by atoms with E-state index in [9.17, 15) is 4.79 Å². The van der Waals surface area contributed by atoms with Gasteiger partial charge in [0.2, 0.25) is 0 Å². The van der Waals surface area contributed by atoms with Gasteiger partial charge in [-0.25, -0.2) is 4.79 Å². The molecule has 0 spiro atoms. The highest BCUT2D eigenvalue weighted by atomic mass is 16.2. The van der Waals surface area contributed by atoms with Gasteiger partial charge in [0.15, 0.2) is 0 Å². The fourth-order valence-electron chi connectivity index (χ4n) is 4.67. The maximum atomic E-state index is 12.5. The third kappa shape index (κ3) is 3.60. The maximum Gasteiger partial charge on any atom is 0.321 e. The molecule has 124 valence electrons. The summed E-state index contributed by atoms with van der Waals surface area (Å²) in [5.74, 6) is 0. The van der Waals surface area contributed by atoms with Crippen LogP contribution in [0.4, 0.5) is 4.79 Å². The van der Waals surface area contributed by atoms with Crippen molar-refractivity contribution in [2.24, 2.45) is 10.8 Å². The number of amides is 2. The molecule has 0 aromatic heterocycles. The number of benzene rings is 1. The summed E-state index contributed by atoms with van der Waals surface area (Å²) in [6.45, 7) is 9.94. The first-order valence-electron chi connectivity index (χ1n) is 8.57. The van der Waals surface area contributed by atoms with Crippen LogP contribution in [0.15, 0.2) is 30.5 Å². The van der Waals surface area contributed by atoms with Crippen LogP contribution in [-0.4, -0.2) is 23.5 Å². The van der Waals surface area contributed by atoms with E-state index < -0.39 is 0 Å². The van der Waals surface area contributed by atoms with Gasteiger partial charge >= 0.3 is 6.03 Å². The largest absolute Gasteiger partial charge is 0.321 e. The summed E-state index contributed by atoms with van der Waals surface area (Å²) in [7, 11) is 0. The Morgan fingerprint density at radius 1 is 1.22 bits per heavy atom. The molecule has 1 aliphatic carbocycles. The van der Waals surface area contributed by atoms with Crippen LogP contribution in [0.5, 0.6) is 0 Å². The molecule has 2 aliphatic rings. The standard InChI is InChI=1S/C20H28N2O/c1-15-5-7-16(8-6-15)9-10-21-18(23)22-14-20(4)12-17(22)11-19(2,3)13-20/h5-10,17H,11-14H2,1-4H3,(H,21,23)/b10-9+. The average Bonchev–Trinajstić information content (AvgIpc) is 2.70. The van der Waals surface area contributed by atoms with Gasteiger partial charge in [-0.15, -0.1) is 0 Å². The summed E-state index contributed by atoms with van der Waals surface area (Å²) in [6.07, 6.45) is 7.18. The van der Waals surface area contributed by atoms with E-state index in [0.717, 1.165) is 24.9 Å². The number of carbonyl (C=O) groups is 1. The molecule has 2 unspecified atom stereocenters. The molecule has 2 fully saturated rings. The first kappa shape index (κ1) is 16.1. The Bertz CT molecular complexity index is 617. The van der Waals surface area contributed by atoms with Crippen LogP contribution < -0.4 is 5.32 Å². The van der Waals surface area contributed by atoms with Crippen molar-refractivity contribution in [3.05, 3.63) is 41.6 Å². The number of nitrogens with one attached hydrogen (secondary N) is 1. The highest BCUT2D eigenvalue weighted by Gasteiger charge is 2.50. The lowest BCUT2D eigenvalue weighted by molar-refractivity contribution is 0.129. The highest BCUT2D eigenvalue weighted by Crippen LogP contribution is 2.52. The summed E-state index contributed by atoms with van der Waals surface area (Å²) in [5.41, 5.74) is 2.96. The molecule has 3 heteroatoms. The smallest absolute Gasteiger partial charge is 0.321 e. The highest BCUT2D eigenvalue weighted by molar-refractivity contribution is 5.77. The number of carbonyl (C=O) groups excluding carboxylic acids is 1. The van der Waals surface area contributed by atoms with Gasteiger partial charge in [-0.2, -0.15) is 0 Å². The Morgan fingerprint density at radius 3 is 2.61 bits per heavy atom. The van der Waals surface area contributed by atoms with E-state index in [-0.39, 0.29) is 11.4 Å². The van der Waals surface area contributed by atoms with Crippen LogP contribution >= 0.6 is 0 Å². The van der Waals surface area contributed by atoms with E-state index in [2.05, 4.69) is 57.3 Å². The summed E-state index contributed by atoms with van der Waals surface area (Å²) in [5, 5.41) is 2.95. The van der Waals surface area contributed by atoms with E-state index in [1.54, 1.807) is 6.20 Å². The minimum absolute atomic E-state index is 0.0415. The van der Waals surface area contributed by atoms with Crippen molar-refractivity contribution < 1.29 is 4.79 Å². The summed E-state index contributed by atoms with van der Waals surface area (Å²) in [4.78, 5) is 14.6. The molecule has 1 saturated carbocycles. The van der Waals surface area contributed by atoms with Gasteiger partial charge in [-0.3, -0.25) is 0 Å². The van der Waals surface area contributed by atoms with Gasteiger partial charge in [-0.05, 0) is 48.7 Å². The number of hydrogen-bond acceptors (Lipinski definition) is 1. The molecule has 23 heavy (non-hydrogen) atoms. The third-order valence-corrected chi connectivity index (χ3v) is 5.24. The molecule has 1 heterocycles. The number of likely N-dealkylation sites (tertiary alicyclic amines) is 1. The number of fused-ring (bicyclic) bond motifs is 2. The summed E-state index contributed by atoms with van der Waals surface area (Å²) < 4.78 is 0. The van der Waals surface area contributed by atoms with E-state index >= 15 is 0 Å². The van der Waals surface area contributed by atoms with E-state index in [0.29, 0.717) is 11.5 Å². The number of nitrogens with zero attached hydrogens (tertiary/aromatic N) is 1. The van der Waals surface area contributed by atoms with Crippen molar-refractivity contribution in [1.82, 2.24) is 10.2 Å². The zero-order chi connectivity index (χ0) is 16.7. The Hall–Kier alpha value is -1.77. The molecule has 2 atom stereocenters. The lowest BCUT2D eigenvalue weighted by atomic mass is 9.65. The van der Waals surface area contributed by atoms with E-state index in [4.69, 9.17) is 0 Å². The molecule has 3 nitrogen and oxygen atoms in total. The molecule has 0 radical (unpaired) electrons. The fourth-order valence-corrected chi connectivity index (χ4v) is 4.67. The van der Waals surface area contributed by atoms with Crippen LogP contribution in [0.2, 0.25) is 0 Å². The molecule has 1 aromatic carbocycles. The number of urea groups is 1. The zero-order valence-corrected chi connectivity index (χ0v) is 14.7. The Morgan fingerprint density at radius 2 is 1.91 bits per heavy atom. The molecular formula is C20H28N2O. The van der Waals surface area contributed by atoms with Crippen molar-refractivity contribution in [2.45, 2.75) is 53.0 Å². The van der Waals surface area contributed by atoms with Gasteiger partial charge in [0.25, 0.3) is 0 Å². The minimum atomic E-state index is 0.0415. The number of aryl methyl sites for hydroxylation is 1. The fraction of sp³-hybridized carbons (Fsp3) is 0.550. The van der Waals surface area contributed by atoms with Gasteiger partial charge < -0.3 is 10.2 Å². The van der Waals surface area contributed by atoms with Gasteiger partial charge in [0.05, 0.1) is 0 Å². The Kier molecular flexibility index (Phi) is 3.99. The average molecular weight is 312 g/mol. The second-order valence-electron chi connectivity index (χ2n) is 8.54. The quantitative estimate of drug-likeness (QED) is 0.852. The Labute approximate surface area is 139 Å². The maximum absolute atomic E-state index is 12.5. The predicted molar refractivity (Wildman–Crippen MR) is 95.0 cm³/mol. The second-order valence-corrected chi connectivity index (χ2v) is 8.54. The summed E-state index contributed by atoms with van der Waals surface area (Å²) in [6, 6.07) is 8.70. The molecule has 1 aromatic rings. The van der Waals surface area contributed by atoms with Crippen molar-refractivity contribution in [3.63, 3.8) is 0 Å². The second kappa shape index (κ2) is 5.70. The van der Waals surface area contributed by atoms with Gasteiger partial charge in [-0.1, -0.05) is 50.6 Å². The molecule has 1 saturated heterocycles. The van der Waals surface area contributed by atoms with Crippen molar-refractivity contribution >= 4 is 12.1 Å². The molecule has 1 N–H and O–H groups in total. The normalized spacial score (nSPS) is 29.0. The van der Waals surface area contributed by atoms with Gasteiger partial charge in [0.1, 0.15) is 0 Å². The molecule has 2 bridgehead atoms. The van der Waals surface area contributed by atoms with Crippen LogP contribution in [-0.2, 0) is 0 Å². The Balaban J connectivity index is 1.62. The van der Waals surface area contributed by atoms with E-state index in [1.165, 1.54) is 12.0 Å². The van der Waals surface area contributed by atoms with Gasteiger partial charge in [0, 0.05) is 18.8 Å². The topological polar surface area (TPSA) is 32.3 Å². The van der Waals surface area contributed by atoms with Crippen LogP contribution in [0.1, 0.15) is 51.2 Å². The minimum Gasteiger partial charge on any atom is -0.321 e. The summed E-state index contributed by atoms with van der Waals surface area (Å²) >= 11 is 0. The predicted octanol–water partition coefficient (Wildman–Crippen LogP) is 4.58. The van der Waals surface area contributed by atoms with Crippen molar-refractivity contribution in [2.75, 3.05) is 6.54 Å². The van der Waals surface area contributed by atoms with Crippen molar-refractivity contribution in [1.29, 1.82) is 0 Å². The lowest BCUT2D eigenvalue weighted by Gasteiger charge is -2.39. The first-order chi connectivity index (χ1) is 10.8. The number of rotatable bonds is 2. The first-order valence-corrected chi connectivity index (χ1v) is 8.57. The zero-order valence-electron chi connectivity index (χ0n) is 14.7. The molecule has 1 aliphatic heterocycles. The SMILES string of the molecule is Cc1ccc(/C=C/NC(=O)N2CC3(C)CC2CC(C)(C)C3)cc1. The van der Waals surface area contributed by atoms with Crippen LogP contribution in [0.3, 0.4) is 0 Å². The molecule has 3 rings (SSSR count). The lowest BCUT2D eigenvalue weighted by Crippen LogP contribution is -2.41. The third-order valence-electron chi connectivity index (χ3n) is 5.24. The number of hydrogen-bond donors (Lipinski definition) is 1. The van der Waals surface area contributed by atoms with Crippen molar-refractivity contribution in [3.8, 4) is 0 Å².